The van der Waals surface area contributed by atoms with Gasteiger partial charge in [-0.3, -0.25) is 29.1 Å². The lowest BCUT2D eigenvalue weighted by Gasteiger charge is -2.33. The lowest BCUT2D eigenvalue weighted by atomic mass is 10.0. The van der Waals surface area contributed by atoms with Crippen LogP contribution in [0, 0.1) is 17.7 Å². The van der Waals surface area contributed by atoms with Crippen molar-refractivity contribution < 1.29 is 46.4 Å². The molecule has 306 valence electrons. The van der Waals surface area contributed by atoms with Crippen LogP contribution in [0.4, 0.5) is 4.39 Å². The van der Waals surface area contributed by atoms with Crippen molar-refractivity contribution in [1.82, 2.24) is 20.0 Å². The van der Waals surface area contributed by atoms with E-state index in [1.807, 2.05) is 48.5 Å². The summed E-state index contributed by atoms with van der Waals surface area (Å²) in [7, 11) is -3.96. The first kappa shape index (κ1) is 39.7. The van der Waals surface area contributed by atoms with Crippen LogP contribution in [0.15, 0.2) is 107 Å². The predicted octanol–water partition coefficient (Wildman–Crippen LogP) is 5.03. The van der Waals surface area contributed by atoms with E-state index in [4.69, 9.17) is 9.25 Å². The molecule has 8 rings (SSSR count). The molecule has 0 spiro atoms. The zero-order valence-corrected chi connectivity index (χ0v) is 33.0. The standard InChI is InChI=1S/C43H42FN5O9S/c1-4-26-22-43(26,42(53)47-59(55,56)29-17-18-29)45-39(50)34-21-28(58-46-37-32-11-7-5-9-30(32)31-10-6-8-12-33(31)37)23-48(34)41(52)38(24(2)3)49(54)40(51)36-20-19-35(57-36)25-13-15-27(44)16-14-25/h4-16,19-20,24,26,28-29,34,38,54H,1,17-18,21-23H2,2-3H3,(H,45,50)(H,47,53)/t26-,28-,34+,38-,43+/m1/s1. The van der Waals surface area contributed by atoms with Gasteiger partial charge in [-0.25, -0.2) is 17.9 Å². The van der Waals surface area contributed by atoms with Gasteiger partial charge in [0.25, 0.3) is 5.91 Å². The summed E-state index contributed by atoms with van der Waals surface area (Å²) in [6.45, 7) is 6.79. The summed E-state index contributed by atoms with van der Waals surface area (Å²) in [6, 6.07) is 20.7. The Hall–Kier alpha value is -6.13. The van der Waals surface area contributed by atoms with Gasteiger partial charge in [-0.1, -0.05) is 73.6 Å². The van der Waals surface area contributed by atoms with Crippen LogP contribution in [0.2, 0.25) is 0 Å². The molecule has 2 heterocycles. The molecule has 1 aliphatic heterocycles. The summed E-state index contributed by atoms with van der Waals surface area (Å²) in [6.07, 6.45) is 1.42. The van der Waals surface area contributed by atoms with Gasteiger partial charge in [0, 0.05) is 29.0 Å². The molecule has 1 saturated heterocycles. The minimum Gasteiger partial charge on any atom is -0.451 e. The Balaban J connectivity index is 1.07. The molecule has 0 unspecified atom stereocenters. The zero-order valence-electron chi connectivity index (χ0n) is 32.2. The van der Waals surface area contributed by atoms with E-state index in [0.29, 0.717) is 24.1 Å². The van der Waals surface area contributed by atoms with E-state index in [1.165, 1.54) is 47.4 Å². The van der Waals surface area contributed by atoms with Crippen LogP contribution in [-0.2, 0) is 29.2 Å². The van der Waals surface area contributed by atoms with E-state index in [0.717, 1.165) is 22.3 Å². The maximum Gasteiger partial charge on any atom is 0.313 e. The van der Waals surface area contributed by atoms with Crippen molar-refractivity contribution in [2.45, 2.75) is 68.5 Å². The molecule has 5 atom stereocenters. The Kier molecular flexibility index (Phi) is 10.2. The third-order valence-electron chi connectivity index (χ3n) is 11.3. The molecule has 16 heteroatoms. The van der Waals surface area contributed by atoms with E-state index in [1.54, 1.807) is 13.8 Å². The normalized spacial score (nSPS) is 22.2. The van der Waals surface area contributed by atoms with Crippen LogP contribution in [-0.4, -0.2) is 88.4 Å². The molecule has 4 amide bonds. The van der Waals surface area contributed by atoms with Crippen molar-refractivity contribution in [3.8, 4) is 22.5 Å². The number of rotatable bonds is 13. The molecule has 3 N–H and O–H groups in total. The Morgan fingerprint density at radius 1 is 0.983 bits per heavy atom. The molecule has 0 bridgehead atoms. The minimum atomic E-state index is -3.96. The predicted molar refractivity (Wildman–Crippen MR) is 212 cm³/mol. The second-order valence-electron chi connectivity index (χ2n) is 15.7. The molecular formula is C43H42FN5O9S. The van der Waals surface area contributed by atoms with Crippen LogP contribution in [0.3, 0.4) is 0 Å². The number of hydroxylamine groups is 2. The molecule has 2 saturated carbocycles. The zero-order chi connectivity index (χ0) is 41.8. The van der Waals surface area contributed by atoms with E-state index in [-0.39, 0.29) is 36.0 Å². The highest BCUT2D eigenvalue weighted by Crippen LogP contribution is 2.46. The number of benzene rings is 3. The van der Waals surface area contributed by atoms with Crippen molar-refractivity contribution in [3.05, 3.63) is 120 Å². The number of oxime groups is 1. The summed E-state index contributed by atoms with van der Waals surface area (Å²) in [4.78, 5) is 63.5. The fourth-order valence-corrected chi connectivity index (χ4v) is 9.27. The highest BCUT2D eigenvalue weighted by Gasteiger charge is 2.62. The molecular weight excluding hydrogens is 782 g/mol. The van der Waals surface area contributed by atoms with E-state index in [2.05, 4.69) is 21.8 Å². The molecule has 4 aliphatic rings. The number of halogens is 1. The van der Waals surface area contributed by atoms with Crippen molar-refractivity contribution in [1.29, 1.82) is 0 Å². The summed E-state index contributed by atoms with van der Waals surface area (Å²) in [5.74, 6) is -5.34. The van der Waals surface area contributed by atoms with Gasteiger partial charge in [0.15, 0.2) is 5.76 Å². The molecule has 14 nitrogen and oxygen atoms in total. The van der Waals surface area contributed by atoms with Gasteiger partial charge < -0.3 is 19.5 Å². The van der Waals surface area contributed by atoms with Crippen LogP contribution < -0.4 is 10.0 Å². The highest BCUT2D eigenvalue weighted by molar-refractivity contribution is 7.91. The van der Waals surface area contributed by atoms with Gasteiger partial charge in [0.2, 0.25) is 21.8 Å². The molecule has 4 aromatic rings. The summed E-state index contributed by atoms with van der Waals surface area (Å²) in [5.41, 5.74) is 3.00. The average Bonchev–Trinajstić information content (AvgIpc) is 4.06. The monoisotopic (exact) mass is 823 g/mol. The molecule has 3 aromatic carbocycles. The first-order valence-electron chi connectivity index (χ1n) is 19.3. The molecule has 1 aromatic heterocycles. The third-order valence-corrected chi connectivity index (χ3v) is 13.2. The lowest BCUT2D eigenvalue weighted by Crippen LogP contribution is -2.59. The smallest absolute Gasteiger partial charge is 0.313 e. The molecule has 3 aliphatic carbocycles. The second-order valence-corrected chi connectivity index (χ2v) is 17.7. The maximum atomic E-state index is 14.6. The largest absolute Gasteiger partial charge is 0.451 e. The van der Waals surface area contributed by atoms with Crippen LogP contribution >= 0.6 is 0 Å². The number of nitrogens with one attached hydrogen (secondary N) is 2. The molecule has 0 radical (unpaired) electrons. The number of fused-ring (bicyclic) bond motifs is 3. The van der Waals surface area contributed by atoms with Crippen molar-refractivity contribution >= 4 is 39.4 Å². The third kappa shape index (κ3) is 7.42. The average molecular weight is 824 g/mol. The second kappa shape index (κ2) is 15.2. The van der Waals surface area contributed by atoms with E-state index >= 15 is 0 Å². The van der Waals surface area contributed by atoms with Gasteiger partial charge >= 0.3 is 5.91 Å². The number of nitrogens with zero attached hydrogens (tertiary/aromatic N) is 3. The van der Waals surface area contributed by atoms with Gasteiger partial charge in [0.05, 0.1) is 11.8 Å². The van der Waals surface area contributed by atoms with Crippen LogP contribution in [0.25, 0.3) is 22.5 Å². The summed E-state index contributed by atoms with van der Waals surface area (Å²) >= 11 is 0. The fraction of sp³-hybridized carbons (Fsp3) is 0.326. The molecule has 3 fully saturated rings. The SMILES string of the molecule is C=C[C@@H]1C[C@@]1(NC(=O)[C@@H]1C[C@@H](ON=C2c3ccccc3-c3ccccc32)CN1C(=O)[C@@H](C(C)C)N(O)C(=O)c1ccc(-c2ccc(F)cc2)o1)C(=O)NS(=O)(=O)C1CC1. The Bertz CT molecular complexity index is 2450. The summed E-state index contributed by atoms with van der Waals surface area (Å²) in [5, 5.41) is 18.3. The van der Waals surface area contributed by atoms with Gasteiger partial charge in [-0.15, -0.1) is 6.58 Å². The van der Waals surface area contributed by atoms with Crippen molar-refractivity contribution in [2.24, 2.45) is 17.0 Å². The fourth-order valence-electron chi connectivity index (χ4n) is 7.91. The number of hydrogen-bond acceptors (Lipinski definition) is 10. The number of likely N-dealkylation sites (tertiary alicyclic amines) is 1. The maximum absolute atomic E-state index is 14.6. The minimum absolute atomic E-state index is 0.0813. The number of furan rings is 1. The first-order valence-corrected chi connectivity index (χ1v) is 20.9. The van der Waals surface area contributed by atoms with Gasteiger partial charge in [-0.2, -0.15) is 0 Å². The first-order chi connectivity index (χ1) is 28.2. The van der Waals surface area contributed by atoms with Crippen molar-refractivity contribution in [2.75, 3.05) is 6.54 Å². The number of carbonyl (C=O) groups excluding carboxylic acids is 4. The number of sulfonamides is 1. The number of hydrogen-bond donors (Lipinski definition) is 3. The Labute approximate surface area is 339 Å². The van der Waals surface area contributed by atoms with Crippen LogP contribution in [0.5, 0.6) is 0 Å². The quantitative estimate of drug-likeness (QED) is 0.0832. The Morgan fingerprint density at radius 2 is 1.61 bits per heavy atom. The highest BCUT2D eigenvalue weighted by atomic mass is 32.2. The lowest BCUT2D eigenvalue weighted by molar-refractivity contribution is -0.159. The van der Waals surface area contributed by atoms with Crippen molar-refractivity contribution in [3.63, 3.8) is 0 Å². The van der Waals surface area contributed by atoms with Gasteiger partial charge in [-0.05, 0) is 72.7 Å². The number of amides is 4. The number of carbonyl (C=O) groups is 4. The van der Waals surface area contributed by atoms with E-state index < -0.39 is 80.3 Å². The van der Waals surface area contributed by atoms with Gasteiger partial charge in [0.1, 0.15) is 41.0 Å². The summed E-state index contributed by atoms with van der Waals surface area (Å²) < 4.78 is 46.9. The van der Waals surface area contributed by atoms with Crippen LogP contribution in [0.1, 0.15) is 61.2 Å². The molecule has 59 heavy (non-hydrogen) atoms. The van der Waals surface area contributed by atoms with E-state index in [9.17, 15) is 37.2 Å². The Morgan fingerprint density at radius 3 is 2.19 bits per heavy atom. The topological polar surface area (TPSA) is 188 Å².